The number of fused-ring (bicyclic) bond motifs is 1. The van der Waals surface area contributed by atoms with Crippen molar-refractivity contribution in [2.45, 2.75) is 64.0 Å². The van der Waals surface area contributed by atoms with Gasteiger partial charge in [-0.05, 0) is 44.1 Å². The van der Waals surface area contributed by atoms with Crippen molar-refractivity contribution in [3.05, 3.63) is 35.6 Å². The van der Waals surface area contributed by atoms with E-state index in [4.69, 9.17) is 0 Å². The molecule has 1 aromatic carbocycles. The fourth-order valence-corrected chi connectivity index (χ4v) is 4.29. The van der Waals surface area contributed by atoms with Crippen LogP contribution in [0.2, 0.25) is 0 Å². The van der Waals surface area contributed by atoms with Gasteiger partial charge in [0.25, 0.3) is 0 Å². The number of halogens is 1. The molecule has 1 nitrogen and oxygen atoms in total. The molecular formula is C18H26FN. The van der Waals surface area contributed by atoms with Crippen molar-refractivity contribution in [2.75, 3.05) is 0 Å². The van der Waals surface area contributed by atoms with E-state index in [2.05, 4.69) is 12.2 Å². The number of benzene rings is 1. The van der Waals surface area contributed by atoms with Gasteiger partial charge in [0, 0.05) is 17.6 Å². The van der Waals surface area contributed by atoms with E-state index in [1.165, 1.54) is 44.9 Å². The lowest BCUT2D eigenvalue weighted by Gasteiger charge is -2.40. The van der Waals surface area contributed by atoms with Crippen LogP contribution in [0, 0.1) is 17.7 Å². The van der Waals surface area contributed by atoms with Gasteiger partial charge in [0.1, 0.15) is 5.82 Å². The smallest absolute Gasteiger partial charge is 0.127 e. The van der Waals surface area contributed by atoms with E-state index in [0.717, 1.165) is 17.4 Å². The van der Waals surface area contributed by atoms with Crippen LogP contribution in [0.4, 0.5) is 4.39 Å². The van der Waals surface area contributed by atoms with Crippen molar-refractivity contribution < 1.29 is 4.39 Å². The second-order valence-corrected chi connectivity index (χ2v) is 6.72. The molecule has 0 radical (unpaired) electrons. The summed E-state index contributed by atoms with van der Waals surface area (Å²) in [6.07, 6.45) is 9.63. The fourth-order valence-electron chi connectivity index (χ4n) is 4.29. The SMILES string of the molecule is CC(NC1CCC2CCCCC2C1)c1ccccc1F. The molecule has 0 saturated heterocycles. The molecule has 2 aliphatic carbocycles. The van der Waals surface area contributed by atoms with Gasteiger partial charge in [0.05, 0.1) is 0 Å². The van der Waals surface area contributed by atoms with Crippen molar-refractivity contribution in [3.8, 4) is 0 Å². The molecule has 4 atom stereocenters. The van der Waals surface area contributed by atoms with Crippen LogP contribution in [0.25, 0.3) is 0 Å². The highest BCUT2D eigenvalue weighted by molar-refractivity contribution is 5.20. The van der Waals surface area contributed by atoms with Gasteiger partial charge in [0.15, 0.2) is 0 Å². The molecule has 0 heterocycles. The van der Waals surface area contributed by atoms with Gasteiger partial charge in [-0.1, -0.05) is 43.9 Å². The van der Waals surface area contributed by atoms with Gasteiger partial charge < -0.3 is 5.32 Å². The van der Waals surface area contributed by atoms with Gasteiger partial charge in [0.2, 0.25) is 0 Å². The van der Waals surface area contributed by atoms with Crippen molar-refractivity contribution >= 4 is 0 Å². The van der Waals surface area contributed by atoms with Crippen molar-refractivity contribution in [2.24, 2.45) is 11.8 Å². The van der Waals surface area contributed by atoms with Crippen molar-refractivity contribution in [1.82, 2.24) is 5.32 Å². The van der Waals surface area contributed by atoms with Gasteiger partial charge in [-0.25, -0.2) is 4.39 Å². The first-order valence-corrected chi connectivity index (χ1v) is 8.24. The van der Waals surface area contributed by atoms with Crippen LogP contribution < -0.4 is 5.32 Å². The first-order valence-electron chi connectivity index (χ1n) is 8.24. The largest absolute Gasteiger partial charge is 0.307 e. The summed E-state index contributed by atoms with van der Waals surface area (Å²) in [4.78, 5) is 0. The Morgan fingerprint density at radius 1 is 1.05 bits per heavy atom. The molecular weight excluding hydrogens is 249 g/mol. The third-order valence-electron chi connectivity index (χ3n) is 5.40. The highest BCUT2D eigenvalue weighted by Gasteiger charge is 2.32. The third kappa shape index (κ3) is 3.06. The average molecular weight is 275 g/mol. The number of hydrogen-bond donors (Lipinski definition) is 1. The van der Waals surface area contributed by atoms with Crippen LogP contribution in [0.5, 0.6) is 0 Å². The van der Waals surface area contributed by atoms with Crippen LogP contribution in [0.15, 0.2) is 24.3 Å². The van der Waals surface area contributed by atoms with Crippen LogP contribution in [0.3, 0.4) is 0 Å². The van der Waals surface area contributed by atoms with Crippen LogP contribution >= 0.6 is 0 Å². The fraction of sp³-hybridized carbons (Fsp3) is 0.667. The molecule has 2 saturated carbocycles. The minimum Gasteiger partial charge on any atom is -0.307 e. The molecule has 0 aliphatic heterocycles. The quantitative estimate of drug-likeness (QED) is 0.832. The number of nitrogens with one attached hydrogen (secondary N) is 1. The minimum absolute atomic E-state index is 0.0844. The van der Waals surface area contributed by atoms with Gasteiger partial charge >= 0.3 is 0 Å². The first-order chi connectivity index (χ1) is 9.74. The zero-order valence-electron chi connectivity index (χ0n) is 12.4. The molecule has 3 rings (SSSR count). The maximum Gasteiger partial charge on any atom is 0.127 e. The molecule has 2 heteroatoms. The molecule has 0 spiro atoms. The van der Waals surface area contributed by atoms with Gasteiger partial charge in [-0.15, -0.1) is 0 Å². The summed E-state index contributed by atoms with van der Waals surface area (Å²) in [6, 6.07) is 7.84. The summed E-state index contributed by atoms with van der Waals surface area (Å²) in [5.41, 5.74) is 0.804. The Morgan fingerprint density at radius 2 is 1.80 bits per heavy atom. The van der Waals surface area contributed by atoms with E-state index < -0.39 is 0 Å². The predicted molar refractivity (Wildman–Crippen MR) is 81.0 cm³/mol. The molecule has 2 fully saturated rings. The summed E-state index contributed by atoms with van der Waals surface area (Å²) in [5.74, 6) is 1.81. The van der Waals surface area contributed by atoms with Crippen LogP contribution in [0.1, 0.15) is 63.5 Å². The first kappa shape index (κ1) is 14.1. The molecule has 0 bridgehead atoms. The van der Waals surface area contributed by atoms with Gasteiger partial charge in [-0.3, -0.25) is 0 Å². The van der Waals surface area contributed by atoms with E-state index in [1.807, 2.05) is 12.1 Å². The lowest BCUT2D eigenvalue weighted by Crippen LogP contribution is -2.40. The summed E-state index contributed by atoms with van der Waals surface area (Å²) in [6.45, 7) is 2.09. The average Bonchev–Trinajstić information content (AvgIpc) is 2.47. The van der Waals surface area contributed by atoms with Gasteiger partial charge in [-0.2, -0.15) is 0 Å². The Labute approximate surface area is 122 Å². The summed E-state index contributed by atoms with van der Waals surface area (Å²) < 4.78 is 13.8. The highest BCUT2D eigenvalue weighted by atomic mass is 19.1. The standard InChI is InChI=1S/C18H26FN/c1-13(17-8-4-5-9-18(17)19)20-16-11-10-14-6-2-3-7-15(14)12-16/h4-5,8-9,13-16,20H,2-3,6-7,10-12H2,1H3. The van der Waals surface area contributed by atoms with Crippen LogP contribution in [-0.4, -0.2) is 6.04 Å². The monoisotopic (exact) mass is 275 g/mol. The maximum absolute atomic E-state index is 13.8. The Hall–Kier alpha value is -0.890. The molecule has 0 aromatic heterocycles. The highest BCUT2D eigenvalue weighted by Crippen LogP contribution is 2.40. The van der Waals surface area contributed by atoms with Crippen molar-refractivity contribution in [3.63, 3.8) is 0 Å². The Kier molecular flexibility index (Phi) is 4.40. The normalized spacial score (nSPS) is 31.6. The van der Waals surface area contributed by atoms with E-state index in [1.54, 1.807) is 12.1 Å². The van der Waals surface area contributed by atoms with Crippen LogP contribution in [-0.2, 0) is 0 Å². The summed E-state index contributed by atoms with van der Waals surface area (Å²) in [7, 11) is 0. The Morgan fingerprint density at radius 3 is 2.60 bits per heavy atom. The van der Waals surface area contributed by atoms with E-state index in [-0.39, 0.29) is 11.9 Å². The molecule has 1 N–H and O–H groups in total. The van der Waals surface area contributed by atoms with Crippen molar-refractivity contribution in [1.29, 1.82) is 0 Å². The lowest BCUT2D eigenvalue weighted by molar-refractivity contribution is 0.139. The van der Waals surface area contributed by atoms with E-state index in [9.17, 15) is 4.39 Å². The molecule has 4 unspecified atom stereocenters. The molecule has 1 aromatic rings. The minimum atomic E-state index is -0.0844. The second-order valence-electron chi connectivity index (χ2n) is 6.72. The maximum atomic E-state index is 13.8. The van der Waals surface area contributed by atoms with E-state index in [0.29, 0.717) is 6.04 Å². The lowest BCUT2D eigenvalue weighted by atomic mass is 9.69. The second kappa shape index (κ2) is 6.26. The number of rotatable bonds is 3. The summed E-state index contributed by atoms with van der Waals surface area (Å²) in [5, 5.41) is 3.67. The zero-order chi connectivity index (χ0) is 13.9. The predicted octanol–water partition coefficient (Wildman–Crippen LogP) is 4.84. The molecule has 0 amide bonds. The molecule has 20 heavy (non-hydrogen) atoms. The molecule has 2 aliphatic rings. The topological polar surface area (TPSA) is 12.0 Å². The zero-order valence-corrected chi connectivity index (χ0v) is 12.4. The Balaban J connectivity index is 1.59. The third-order valence-corrected chi connectivity index (χ3v) is 5.40. The molecule has 110 valence electrons. The van der Waals surface area contributed by atoms with E-state index >= 15 is 0 Å². The Bertz CT molecular complexity index is 445. The number of hydrogen-bond acceptors (Lipinski definition) is 1. The summed E-state index contributed by atoms with van der Waals surface area (Å²) >= 11 is 0.